The Morgan fingerprint density at radius 1 is 1.19 bits per heavy atom. The third kappa shape index (κ3) is 3.94. The number of aryl methyl sites for hydroxylation is 1. The van der Waals surface area contributed by atoms with Crippen molar-refractivity contribution in [3.63, 3.8) is 0 Å². The molecule has 0 saturated carbocycles. The van der Waals surface area contributed by atoms with Gasteiger partial charge in [-0.1, -0.05) is 23.7 Å². The van der Waals surface area contributed by atoms with Gasteiger partial charge in [0.25, 0.3) is 5.56 Å². The Morgan fingerprint density at radius 2 is 1.97 bits per heavy atom. The molecule has 1 saturated heterocycles. The van der Waals surface area contributed by atoms with Gasteiger partial charge in [-0.25, -0.2) is 4.98 Å². The van der Waals surface area contributed by atoms with Gasteiger partial charge in [-0.2, -0.15) is 5.10 Å². The Hall–Kier alpha value is -3.16. The predicted octanol–water partition coefficient (Wildman–Crippen LogP) is 4.19. The predicted molar refractivity (Wildman–Crippen MR) is 124 cm³/mol. The quantitative estimate of drug-likeness (QED) is 0.448. The summed E-state index contributed by atoms with van der Waals surface area (Å²) in [6.07, 6.45) is 7.44. The Balaban J connectivity index is 1.55. The molecular weight excluding hydrogens is 412 g/mol. The monoisotopic (exact) mass is 434 g/mol. The molecule has 0 aliphatic carbocycles. The number of aromatic amines is 1. The summed E-state index contributed by atoms with van der Waals surface area (Å²) in [4.78, 5) is 20.1. The molecule has 1 aromatic carbocycles. The summed E-state index contributed by atoms with van der Waals surface area (Å²) in [6.45, 7) is 2.12. The van der Waals surface area contributed by atoms with Crippen molar-refractivity contribution in [1.29, 1.82) is 0 Å². The highest BCUT2D eigenvalue weighted by Gasteiger charge is 2.17. The molecule has 1 aliphatic rings. The van der Waals surface area contributed by atoms with E-state index < -0.39 is 0 Å². The number of piperidine rings is 1. The minimum atomic E-state index is -0.238. The van der Waals surface area contributed by atoms with Crippen molar-refractivity contribution < 1.29 is 0 Å². The van der Waals surface area contributed by atoms with E-state index in [1.54, 1.807) is 10.9 Å². The lowest BCUT2D eigenvalue weighted by atomic mass is 9.90. The zero-order chi connectivity index (χ0) is 21.4. The average Bonchev–Trinajstić information content (AvgIpc) is 3.23. The second-order valence-electron chi connectivity index (χ2n) is 7.92. The lowest BCUT2D eigenvalue weighted by molar-refractivity contribution is 0.460. The fourth-order valence-corrected chi connectivity index (χ4v) is 4.37. The second kappa shape index (κ2) is 8.17. The van der Waals surface area contributed by atoms with Gasteiger partial charge in [0.2, 0.25) is 0 Å². The van der Waals surface area contributed by atoms with Crippen molar-refractivity contribution >= 4 is 33.9 Å². The largest absolute Gasteiger partial charge is 0.340 e. The molecule has 4 aromatic rings. The van der Waals surface area contributed by atoms with Crippen LogP contribution < -0.4 is 16.2 Å². The number of hydrogen-bond acceptors (Lipinski definition) is 5. The van der Waals surface area contributed by atoms with Crippen LogP contribution in [0.2, 0.25) is 5.02 Å². The van der Waals surface area contributed by atoms with E-state index in [4.69, 9.17) is 16.6 Å². The van der Waals surface area contributed by atoms with Crippen LogP contribution in [0.5, 0.6) is 0 Å². The third-order valence-electron chi connectivity index (χ3n) is 5.82. The normalized spacial score (nSPS) is 14.8. The molecule has 0 amide bonds. The number of H-pyrrole nitrogens is 1. The molecule has 3 aromatic heterocycles. The van der Waals surface area contributed by atoms with Crippen LogP contribution in [-0.2, 0) is 7.05 Å². The van der Waals surface area contributed by atoms with E-state index in [9.17, 15) is 4.79 Å². The second-order valence-corrected chi connectivity index (χ2v) is 8.33. The molecule has 0 unspecified atom stereocenters. The molecule has 0 bridgehead atoms. The Labute approximate surface area is 184 Å². The minimum Gasteiger partial charge on any atom is -0.340 e. The summed E-state index contributed by atoms with van der Waals surface area (Å²) >= 11 is 6.42. The molecule has 1 fully saturated rings. The molecule has 5 rings (SSSR count). The van der Waals surface area contributed by atoms with E-state index in [-0.39, 0.29) is 5.56 Å². The molecule has 7 nitrogen and oxygen atoms in total. The van der Waals surface area contributed by atoms with Crippen LogP contribution in [-0.4, -0.2) is 32.8 Å². The summed E-state index contributed by atoms with van der Waals surface area (Å²) in [7, 11) is 1.85. The number of aromatic nitrogens is 4. The zero-order valence-corrected chi connectivity index (χ0v) is 17.9. The maximum Gasteiger partial charge on any atom is 0.259 e. The van der Waals surface area contributed by atoms with Gasteiger partial charge in [-0.3, -0.25) is 9.48 Å². The standard InChI is InChI=1S/C23H23ClN6O/c1-30-13-16(11-27-30)20-10-18-19(24)12-26-23(31)21(18)22(29-20)28-17-4-2-14(3-5-17)15-6-8-25-9-7-15/h2-5,10-13,15,25H,6-9H2,1H3,(H,26,31)(H,28,29). The van der Waals surface area contributed by atoms with Gasteiger partial charge in [-0.05, 0) is 55.6 Å². The minimum absolute atomic E-state index is 0.238. The molecular formula is C23H23ClN6O. The van der Waals surface area contributed by atoms with Crippen molar-refractivity contribution in [1.82, 2.24) is 25.1 Å². The number of benzene rings is 1. The van der Waals surface area contributed by atoms with Gasteiger partial charge < -0.3 is 15.6 Å². The molecule has 4 heterocycles. The summed E-state index contributed by atoms with van der Waals surface area (Å²) in [5, 5.41) is 12.5. The Bertz CT molecular complexity index is 1290. The molecule has 31 heavy (non-hydrogen) atoms. The van der Waals surface area contributed by atoms with E-state index in [0.717, 1.165) is 37.2 Å². The first kappa shape index (κ1) is 19.8. The molecule has 0 radical (unpaired) electrons. The maximum absolute atomic E-state index is 12.6. The highest BCUT2D eigenvalue weighted by Crippen LogP contribution is 2.32. The van der Waals surface area contributed by atoms with Crippen molar-refractivity contribution in [2.24, 2.45) is 7.05 Å². The number of halogens is 1. The number of hydrogen-bond donors (Lipinski definition) is 3. The summed E-state index contributed by atoms with van der Waals surface area (Å²) in [6, 6.07) is 10.2. The molecule has 1 aliphatic heterocycles. The number of fused-ring (bicyclic) bond motifs is 1. The molecule has 3 N–H and O–H groups in total. The fraction of sp³-hybridized carbons (Fsp3) is 0.261. The first-order chi connectivity index (χ1) is 15.1. The number of rotatable bonds is 4. The van der Waals surface area contributed by atoms with Gasteiger partial charge in [0.15, 0.2) is 0 Å². The highest BCUT2D eigenvalue weighted by molar-refractivity contribution is 6.35. The molecule has 0 spiro atoms. The van der Waals surface area contributed by atoms with E-state index in [2.05, 4.69) is 32.8 Å². The summed E-state index contributed by atoms with van der Waals surface area (Å²) < 4.78 is 1.72. The van der Waals surface area contributed by atoms with E-state index in [1.807, 2.05) is 31.4 Å². The van der Waals surface area contributed by atoms with Gasteiger partial charge >= 0.3 is 0 Å². The van der Waals surface area contributed by atoms with Crippen molar-refractivity contribution in [2.75, 3.05) is 18.4 Å². The average molecular weight is 435 g/mol. The summed E-state index contributed by atoms with van der Waals surface area (Å²) in [5.41, 5.74) is 3.52. The number of anilines is 2. The Kier molecular flexibility index (Phi) is 5.21. The SMILES string of the molecule is Cn1cc(-c2cc3c(Cl)c[nH]c(=O)c3c(Nc3ccc(C4CCNCC4)cc3)n2)cn1. The van der Waals surface area contributed by atoms with Gasteiger partial charge in [0.05, 0.1) is 22.3 Å². The van der Waals surface area contributed by atoms with Gasteiger partial charge in [0, 0.05) is 36.1 Å². The van der Waals surface area contributed by atoms with Gasteiger partial charge in [-0.15, -0.1) is 0 Å². The topological polar surface area (TPSA) is 87.6 Å². The van der Waals surface area contributed by atoms with Crippen LogP contribution in [0, 0.1) is 0 Å². The number of nitrogens with zero attached hydrogens (tertiary/aromatic N) is 3. The lowest BCUT2D eigenvalue weighted by Gasteiger charge is -2.23. The third-order valence-corrected chi connectivity index (χ3v) is 6.13. The molecule has 0 atom stereocenters. The smallest absolute Gasteiger partial charge is 0.259 e. The maximum atomic E-state index is 12.6. The van der Waals surface area contributed by atoms with Crippen LogP contribution in [0.1, 0.15) is 24.3 Å². The van der Waals surface area contributed by atoms with Crippen molar-refractivity contribution in [3.8, 4) is 11.3 Å². The van der Waals surface area contributed by atoms with E-state index in [1.165, 1.54) is 11.8 Å². The van der Waals surface area contributed by atoms with Crippen LogP contribution in [0.15, 0.2) is 53.7 Å². The van der Waals surface area contributed by atoms with Gasteiger partial charge in [0.1, 0.15) is 5.82 Å². The highest BCUT2D eigenvalue weighted by atomic mass is 35.5. The van der Waals surface area contributed by atoms with Crippen LogP contribution in [0.3, 0.4) is 0 Å². The fourth-order valence-electron chi connectivity index (χ4n) is 4.16. The summed E-state index contributed by atoms with van der Waals surface area (Å²) in [5.74, 6) is 1.06. The van der Waals surface area contributed by atoms with Crippen molar-refractivity contribution in [2.45, 2.75) is 18.8 Å². The Morgan fingerprint density at radius 3 is 2.68 bits per heavy atom. The molecule has 8 heteroatoms. The van der Waals surface area contributed by atoms with E-state index >= 15 is 0 Å². The van der Waals surface area contributed by atoms with Crippen LogP contribution >= 0.6 is 11.6 Å². The molecule has 158 valence electrons. The van der Waals surface area contributed by atoms with Crippen LogP contribution in [0.4, 0.5) is 11.5 Å². The lowest BCUT2D eigenvalue weighted by Crippen LogP contribution is -2.26. The number of pyridine rings is 2. The number of nitrogens with one attached hydrogen (secondary N) is 3. The zero-order valence-electron chi connectivity index (χ0n) is 17.2. The first-order valence-corrected chi connectivity index (χ1v) is 10.7. The first-order valence-electron chi connectivity index (χ1n) is 10.4. The van der Waals surface area contributed by atoms with Crippen LogP contribution in [0.25, 0.3) is 22.0 Å². The van der Waals surface area contributed by atoms with Crippen molar-refractivity contribution in [3.05, 3.63) is 69.9 Å². The van der Waals surface area contributed by atoms with E-state index in [0.29, 0.717) is 33.2 Å².